The van der Waals surface area contributed by atoms with E-state index in [1.165, 1.54) is 27.8 Å². The number of phenols is 1. The van der Waals surface area contributed by atoms with Crippen molar-refractivity contribution in [2.24, 2.45) is 14.1 Å². The van der Waals surface area contributed by atoms with Gasteiger partial charge < -0.3 is 54.9 Å². The van der Waals surface area contributed by atoms with Gasteiger partial charge in [0.1, 0.15) is 22.6 Å². The fourth-order valence-corrected chi connectivity index (χ4v) is 7.14. The van der Waals surface area contributed by atoms with E-state index in [0.717, 1.165) is 5.56 Å². The summed E-state index contributed by atoms with van der Waals surface area (Å²) in [6.45, 7) is 6.50. The number of nitrogens with one attached hydrogen (secondary N) is 5. The molecule has 0 bridgehead atoms. The van der Waals surface area contributed by atoms with Gasteiger partial charge in [-0.3, -0.25) is 24.0 Å². The highest BCUT2D eigenvalue weighted by Gasteiger charge is 2.34. The minimum absolute atomic E-state index is 0.0115. The molecule has 0 radical (unpaired) electrons. The van der Waals surface area contributed by atoms with E-state index < -0.39 is 23.5 Å². The minimum atomic E-state index is -0.580. The highest BCUT2D eigenvalue weighted by atomic mass is 35.5. The largest absolute Gasteiger partial charge is 0.508 e. The van der Waals surface area contributed by atoms with E-state index in [2.05, 4.69) is 31.6 Å². The smallest absolute Gasteiger partial charge is 0.407 e. The van der Waals surface area contributed by atoms with Crippen molar-refractivity contribution in [2.45, 2.75) is 64.4 Å². The molecule has 4 heterocycles. The second-order valence-electron chi connectivity index (χ2n) is 16.0. The normalized spacial score (nSPS) is 13.4. The number of carbonyl (C=O) groups is 6. The van der Waals surface area contributed by atoms with Crippen molar-refractivity contribution in [3.8, 4) is 5.75 Å². The van der Waals surface area contributed by atoms with Crippen LogP contribution in [0.3, 0.4) is 0 Å². The van der Waals surface area contributed by atoms with Gasteiger partial charge in [-0.2, -0.15) is 0 Å². The molecule has 6 rings (SSSR count). The van der Waals surface area contributed by atoms with E-state index in [9.17, 15) is 33.9 Å². The number of alkyl halides is 1. The van der Waals surface area contributed by atoms with Crippen LogP contribution in [-0.2, 0) is 28.4 Å². The van der Waals surface area contributed by atoms with Crippen molar-refractivity contribution in [3.63, 3.8) is 0 Å². The molecule has 328 valence electrons. The molecule has 6 N–H and O–H groups in total. The van der Waals surface area contributed by atoms with Gasteiger partial charge in [-0.1, -0.05) is 6.07 Å². The number of hydrogen-bond acceptors (Lipinski definition) is 10. The molecule has 62 heavy (non-hydrogen) atoms. The highest BCUT2D eigenvalue weighted by molar-refractivity contribution is 6.19. The number of imidazole rings is 1. The first-order chi connectivity index (χ1) is 29.5. The lowest BCUT2D eigenvalue weighted by atomic mass is 10.0. The summed E-state index contributed by atoms with van der Waals surface area (Å²) >= 11 is 6.16. The molecule has 0 spiro atoms. The van der Waals surface area contributed by atoms with Crippen LogP contribution in [0.1, 0.15) is 96.0 Å². The van der Waals surface area contributed by atoms with Crippen molar-refractivity contribution in [2.75, 3.05) is 46.4 Å². The maximum atomic E-state index is 13.5. The molecule has 1 unspecified atom stereocenters. The first kappa shape index (κ1) is 44.7. The lowest BCUT2D eigenvalue weighted by Gasteiger charge is -2.19. The standard InChI is InChI=1S/C43H50ClN9O9/c1-43(2,3)62-42(60)46-16-7-6-15-45-39(57)32-19-28(23-51(32)4)48-40(58)38-50-35(24-52(38)5)49-37(56)10-8-9-36(55)47-27-11-14-33-25(17-27)18-34(61-33)41(59)53-22-26(21-44)30-13-12-29(54)20-31(30)53/h11-14,17-20,23-24,26,54H,6-10,15-16,21-22H2,1-5H3,(H,45,57)(H,46,60)(H,47,55)(H,48,58)(H,49,56). The molecular formula is C43H50ClN9O9. The van der Waals surface area contributed by atoms with Gasteiger partial charge in [-0.25, -0.2) is 9.78 Å². The highest BCUT2D eigenvalue weighted by Crippen LogP contribution is 2.40. The minimum Gasteiger partial charge on any atom is -0.508 e. The molecule has 2 aromatic carbocycles. The predicted molar refractivity (Wildman–Crippen MR) is 233 cm³/mol. The van der Waals surface area contributed by atoms with E-state index in [0.29, 0.717) is 72.1 Å². The number of phenolic OH excluding ortho intramolecular Hbond substituents is 1. The molecule has 0 saturated carbocycles. The fourth-order valence-electron chi connectivity index (χ4n) is 6.88. The lowest BCUT2D eigenvalue weighted by molar-refractivity contribution is -0.117. The summed E-state index contributed by atoms with van der Waals surface area (Å²) < 4.78 is 14.1. The Morgan fingerprint density at radius 3 is 2.29 bits per heavy atom. The van der Waals surface area contributed by atoms with E-state index in [-0.39, 0.29) is 66.1 Å². The summed E-state index contributed by atoms with van der Waals surface area (Å²) in [5.41, 5.74) is 2.50. The first-order valence-corrected chi connectivity index (χ1v) is 20.6. The average molecular weight is 872 g/mol. The maximum absolute atomic E-state index is 13.5. The second-order valence-corrected chi connectivity index (χ2v) is 16.3. The van der Waals surface area contributed by atoms with Crippen molar-refractivity contribution in [1.29, 1.82) is 0 Å². The van der Waals surface area contributed by atoms with Crippen molar-refractivity contribution in [1.82, 2.24) is 24.8 Å². The predicted octanol–water partition coefficient (Wildman–Crippen LogP) is 6.23. The molecule has 5 aromatic rings. The number of aromatic hydroxyl groups is 1. The molecule has 6 amide bonds. The molecule has 0 aliphatic carbocycles. The third-order valence-corrected chi connectivity index (χ3v) is 10.2. The number of hydrogen-bond donors (Lipinski definition) is 6. The number of benzene rings is 2. The van der Waals surface area contributed by atoms with Gasteiger partial charge in [-0.15, -0.1) is 11.6 Å². The van der Waals surface area contributed by atoms with Crippen LogP contribution in [0, 0.1) is 0 Å². The monoisotopic (exact) mass is 871 g/mol. The topological polar surface area (TPSA) is 231 Å². The Morgan fingerprint density at radius 2 is 1.56 bits per heavy atom. The Bertz CT molecular complexity index is 2500. The molecule has 1 atom stereocenters. The Kier molecular flexibility index (Phi) is 13.9. The molecule has 3 aromatic heterocycles. The number of halogens is 1. The third-order valence-electron chi connectivity index (χ3n) is 9.80. The summed E-state index contributed by atoms with van der Waals surface area (Å²) in [4.78, 5) is 82.5. The van der Waals surface area contributed by atoms with Crippen LogP contribution in [0.15, 0.2) is 65.3 Å². The number of fused-ring (bicyclic) bond motifs is 2. The number of furan rings is 1. The number of aryl methyl sites for hydroxylation is 2. The van der Waals surface area contributed by atoms with Gasteiger partial charge in [0, 0.05) is 87.9 Å². The van der Waals surface area contributed by atoms with Crippen LogP contribution in [0.5, 0.6) is 5.75 Å². The summed E-state index contributed by atoms with van der Waals surface area (Å²) in [7, 11) is 3.28. The van der Waals surface area contributed by atoms with Crippen LogP contribution >= 0.6 is 11.6 Å². The number of unbranched alkanes of at least 4 members (excludes halogenated alkanes) is 1. The molecular weight excluding hydrogens is 822 g/mol. The van der Waals surface area contributed by atoms with E-state index >= 15 is 0 Å². The van der Waals surface area contributed by atoms with Gasteiger partial charge >= 0.3 is 6.09 Å². The summed E-state index contributed by atoms with van der Waals surface area (Å²) in [6, 6.07) is 13.0. The first-order valence-electron chi connectivity index (χ1n) is 20.1. The number of rotatable bonds is 16. The number of ether oxygens (including phenoxy) is 1. The number of anilines is 4. The van der Waals surface area contributed by atoms with Gasteiger partial charge in [0.2, 0.25) is 17.6 Å². The fraction of sp³-hybridized carbons (Fsp3) is 0.372. The summed E-state index contributed by atoms with van der Waals surface area (Å²) in [5, 5.41) is 24.3. The quantitative estimate of drug-likeness (QED) is 0.0484. The third kappa shape index (κ3) is 11.3. The molecule has 0 fully saturated rings. The number of amides is 6. The van der Waals surface area contributed by atoms with Crippen molar-refractivity contribution in [3.05, 3.63) is 83.8 Å². The van der Waals surface area contributed by atoms with Gasteiger partial charge in [0.05, 0.1) is 11.4 Å². The van der Waals surface area contributed by atoms with Crippen molar-refractivity contribution >= 4 is 81.1 Å². The Hall–Kier alpha value is -6.82. The van der Waals surface area contributed by atoms with E-state index in [1.54, 1.807) is 82.0 Å². The molecule has 18 nitrogen and oxygen atoms in total. The SMILES string of the molecule is Cn1cc(NC(=O)c2nc(NC(=O)CCCC(=O)Nc3ccc4oc(C(=O)N5CC(CCl)c6ccc(O)cc65)cc4c3)cn2C)cc1C(=O)NCCCCNC(=O)OC(C)(C)C. The van der Waals surface area contributed by atoms with Gasteiger partial charge in [-0.05, 0) is 82.0 Å². The molecule has 0 saturated heterocycles. The Labute approximate surface area is 362 Å². The Morgan fingerprint density at radius 1 is 0.839 bits per heavy atom. The van der Waals surface area contributed by atoms with Crippen LogP contribution < -0.4 is 31.5 Å². The number of alkyl carbamates (subject to hydrolysis) is 1. The molecule has 19 heteroatoms. The summed E-state index contributed by atoms with van der Waals surface area (Å²) in [6.07, 6.45) is 4.14. The van der Waals surface area contributed by atoms with Crippen LogP contribution in [-0.4, -0.2) is 86.0 Å². The Balaban J connectivity index is 0.922. The van der Waals surface area contributed by atoms with E-state index in [1.807, 2.05) is 0 Å². The van der Waals surface area contributed by atoms with Crippen molar-refractivity contribution < 1.29 is 43.0 Å². The molecule has 1 aliphatic rings. The zero-order valence-corrected chi connectivity index (χ0v) is 35.9. The average Bonchev–Trinajstić information content (AvgIpc) is 3.98. The number of nitrogens with zero attached hydrogens (tertiary/aromatic N) is 4. The van der Waals surface area contributed by atoms with Crippen LogP contribution in [0.4, 0.5) is 27.7 Å². The summed E-state index contributed by atoms with van der Waals surface area (Å²) in [5.74, 6) is -1.45. The second kappa shape index (κ2) is 19.3. The van der Waals surface area contributed by atoms with Crippen LogP contribution in [0.25, 0.3) is 11.0 Å². The van der Waals surface area contributed by atoms with Gasteiger partial charge in [0.25, 0.3) is 17.7 Å². The van der Waals surface area contributed by atoms with Gasteiger partial charge in [0.15, 0.2) is 11.6 Å². The molecule has 1 aliphatic heterocycles. The van der Waals surface area contributed by atoms with E-state index in [4.69, 9.17) is 20.8 Å². The zero-order chi connectivity index (χ0) is 44.7. The lowest BCUT2D eigenvalue weighted by Crippen LogP contribution is -2.33. The number of aromatic nitrogens is 3. The number of carbonyl (C=O) groups excluding carboxylic acids is 6. The maximum Gasteiger partial charge on any atom is 0.407 e. The zero-order valence-electron chi connectivity index (χ0n) is 35.1. The van der Waals surface area contributed by atoms with Crippen LogP contribution in [0.2, 0.25) is 0 Å².